The molecule has 28 heavy (non-hydrogen) atoms. The quantitative estimate of drug-likeness (QED) is 0.295. The topological polar surface area (TPSA) is 96.0 Å². The second-order valence-corrected chi connectivity index (χ2v) is 7.05. The van der Waals surface area contributed by atoms with Crippen LogP contribution in [0.2, 0.25) is 5.02 Å². The van der Waals surface area contributed by atoms with E-state index in [1.165, 1.54) is 0 Å². The van der Waals surface area contributed by atoms with Crippen molar-refractivity contribution in [3.8, 4) is 0 Å². The summed E-state index contributed by atoms with van der Waals surface area (Å²) >= 11 is 6.34. The highest BCUT2D eigenvalue weighted by atomic mass is 35.5. The Kier molecular flexibility index (Phi) is 7.18. The number of hydrogen-bond acceptors (Lipinski definition) is 7. The molecule has 2 rings (SSSR count). The number of benzene rings is 1. The zero-order valence-electron chi connectivity index (χ0n) is 16.0. The zero-order chi connectivity index (χ0) is 20.9. The molecule has 0 aromatic heterocycles. The molecule has 0 saturated heterocycles. The number of esters is 3. The predicted octanol–water partition coefficient (Wildman–Crippen LogP) is 2.54. The molecule has 1 aliphatic rings. The van der Waals surface area contributed by atoms with E-state index in [9.17, 15) is 19.2 Å². The van der Waals surface area contributed by atoms with Crippen LogP contribution in [0.4, 0.5) is 0 Å². The van der Waals surface area contributed by atoms with Gasteiger partial charge in [0, 0.05) is 23.3 Å². The fraction of sp³-hybridized carbons (Fsp3) is 0.500. The van der Waals surface area contributed by atoms with E-state index in [1.54, 1.807) is 31.2 Å². The van der Waals surface area contributed by atoms with Crippen LogP contribution in [-0.4, -0.2) is 45.0 Å². The van der Waals surface area contributed by atoms with Gasteiger partial charge in [-0.05, 0) is 30.9 Å². The molecule has 1 aromatic carbocycles. The first-order valence-electron chi connectivity index (χ1n) is 8.89. The first kappa shape index (κ1) is 21.9. The number of methoxy groups -OCH3 is 2. The molecule has 152 valence electrons. The van der Waals surface area contributed by atoms with Crippen molar-refractivity contribution in [3.05, 3.63) is 34.9 Å². The fourth-order valence-corrected chi connectivity index (χ4v) is 4.43. The van der Waals surface area contributed by atoms with E-state index >= 15 is 0 Å². The first-order chi connectivity index (χ1) is 13.4. The molecule has 1 aliphatic carbocycles. The van der Waals surface area contributed by atoms with Crippen molar-refractivity contribution in [2.75, 3.05) is 20.8 Å². The Morgan fingerprint density at radius 1 is 1.18 bits per heavy atom. The van der Waals surface area contributed by atoms with Gasteiger partial charge in [-0.25, -0.2) is 0 Å². The molecule has 8 heteroatoms. The van der Waals surface area contributed by atoms with E-state index in [2.05, 4.69) is 0 Å². The SMILES string of the molecule is CCOC(=O)C[C@@H]1CC(C(=O)OC)(C(=O)OC)[C@H](c2ccccc2Cl)[C@H]1C=O. The van der Waals surface area contributed by atoms with Crippen molar-refractivity contribution < 1.29 is 33.4 Å². The van der Waals surface area contributed by atoms with E-state index in [0.717, 1.165) is 14.2 Å². The molecule has 0 N–H and O–H groups in total. The molecule has 1 fully saturated rings. The summed E-state index contributed by atoms with van der Waals surface area (Å²) in [6.07, 6.45) is 0.448. The van der Waals surface area contributed by atoms with Gasteiger partial charge in [0.1, 0.15) is 6.29 Å². The minimum atomic E-state index is -1.79. The first-order valence-corrected chi connectivity index (χ1v) is 9.27. The van der Waals surface area contributed by atoms with Gasteiger partial charge in [0.25, 0.3) is 0 Å². The van der Waals surface area contributed by atoms with Crippen LogP contribution in [0.3, 0.4) is 0 Å². The van der Waals surface area contributed by atoms with E-state index in [1.807, 2.05) is 0 Å². The Labute approximate surface area is 168 Å². The van der Waals surface area contributed by atoms with E-state index < -0.39 is 41.1 Å². The van der Waals surface area contributed by atoms with Gasteiger partial charge in [-0.1, -0.05) is 29.8 Å². The van der Waals surface area contributed by atoms with Crippen molar-refractivity contribution in [2.45, 2.75) is 25.7 Å². The number of ether oxygens (including phenoxy) is 3. The third-order valence-corrected chi connectivity index (χ3v) is 5.62. The van der Waals surface area contributed by atoms with Gasteiger partial charge in [0.2, 0.25) is 0 Å². The smallest absolute Gasteiger partial charge is 0.323 e. The van der Waals surface area contributed by atoms with Crippen LogP contribution in [-0.2, 0) is 33.4 Å². The van der Waals surface area contributed by atoms with Crippen molar-refractivity contribution in [2.24, 2.45) is 17.3 Å². The van der Waals surface area contributed by atoms with Crippen LogP contribution < -0.4 is 0 Å². The second-order valence-electron chi connectivity index (χ2n) is 6.64. The maximum Gasteiger partial charge on any atom is 0.323 e. The van der Waals surface area contributed by atoms with Gasteiger partial charge in [-0.2, -0.15) is 0 Å². The maximum absolute atomic E-state index is 12.9. The third kappa shape index (κ3) is 3.76. The molecule has 0 amide bonds. The maximum atomic E-state index is 12.9. The minimum Gasteiger partial charge on any atom is -0.468 e. The number of halogens is 1. The van der Waals surface area contributed by atoms with Crippen LogP contribution in [0.5, 0.6) is 0 Å². The molecule has 0 aliphatic heterocycles. The predicted molar refractivity (Wildman–Crippen MR) is 99.6 cm³/mol. The van der Waals surface area contributed by atoms with E-state index in [0.29, 0.717) is 16.9 Å². The standard InChI is InChI=1S/C20H23ClO7/c1-4-28-16(23)9-12-10-20(18(24)26-2,19(25)27-3)17(14(12)11-22)13-7-5-6-8-15(13)21/h5-8,11-12,14,17H,4,9-10H2,1-3H3/t12-,14+,17-/m1/s1. The number of hydrogen-bond donors (Lipinski definition) is 0. The number of rotatable bonds is 7. The number of carbonyl (C=O) groups excluding carboxylic acids is 4. The van der Waals surface area contributed by atoms with Crippen molar-refractivity contribution in [3.63, 3.8) is 0 Å². The molecule has 0 spiro atoms. The van der Waals surface area contributed by atoms with E-state index in [4.69, 9.17) is 25.8 Å². The molecule has 1 aromatic rings. The number of aldehydes is 1. The van der Waals surface area contributed by atoms with Crippen molar-refractivity contribution >= 4 is 35.8 Å². The summed E-state index contributed by atoms with van der Waals surface area (Å²) in [4.78, 5) is 49.8. The summed E-state index contributed by atoms with van der Waals surface area (Å²) in [6, 6.07) is 6.65. The van der Waals surface area contributed by atoms with Gasteiger partial charge in [0.15, 0.2) is 5.41 Å². The van der Waals surface area contributed by atoms with Gasteiger partial charge >= 0.3 is 17.9 Å². The lowest BCUT2D eigenvalue weighted by Crippen LogP contribution is -2.44. The highest BCUT2D eigenvalue weighted by molar-refractivity contribution is 6.31. The molecule has 0 heterocycles. The Hall–Kier alpha value is -2.41. The fourth-order valence-electron chi connectivity index (χ4n) is 4.18. The normalized spacial score (nSPS) is 22.9. The van der Waals surface area contributed by atoms with Crippen LogP contribution in [0, 0.1) is 17.3 Å². The average Bonchev–Trinajstić information content (AvgIpc) is 3.01. The molecular weight excluding hydrogens is 388 g/mol. The molecule has 0 bridgehead atoms. The molecule has 3 atom stereocenters. The summed E-state index contributed by atoms with van der Waals surface area (Å²) in [7, 11) is 2.32. The lowest BCUT2D eigenvalue weighted by atomic mass is 9.71. The van der Waals surface area contributed by atoms with Gasteiger partial charge < -0.3 is 19.0 Å². The van der Waals surface area contributed by atoms with Crippen LogP contribution in [0.25, 0.3) is 0 Å². The van der Waals surface area contributed by atoms with Crippen molar-refractivity contribution in [1.82, 2.24) is 0 Å². The van der Waals surface area contributed by atoms with Crippen LogP contribution in [0.15, 0.2) is 24.3 Å². The van der Waals surface area contributed by atoms with E-state index in [-0.39, 0.29) is 19.4 Å². The lowest BCUT2D eigenvalue weighted by Gasteiger charge is -2.32. The number of carbonyl (C=O) groups is 4. The average molecular weight is 411 g/mol. The second kappa shape index (κ2) is 9.19. The van der Waals surface area contributed by atoms with Gasteiger partial charge in [-0.3, -0.25) is 14.4 Å². The molecular formula is C20H23ClO7. The highest BCUT2D eigenvalue weighted by Gasteiger charge is 2.65. The largest absolute Gasteiger partial charge is 0.468 e. The highest BCUT2D eigenvalue weighted by Crippen LogP contribution is 2.58. The van der Waals surface area contributed by atoms with Crippen LogP contribution in [0.1, 0.15) is 31.2 Å². The summed E-state index contributed by atoms with van der Waals surface area (Å²) in [5, 5.41) is 0.299. The van der Waals surface area contributed by atoms with Gasteiger partial charge in [0.05, 0.1) is 20.8 Å². The summed E-state index contributed by atoms with van der Waals surface area (Å²) in [5.41, 5.74) is -1.35. The third-order valence-electron chi connectivity index (χ3n) is 5.28. The Morgan fingerprint density at radius 3 is 2.29 bits per heavy atom. The monoisotopic (exact) mass is 410 g/mol. The van der Waals surface area contributed by atoms with Crippen molar-refractivity contribution in [1.29, 1.82) is 0 Å². The van der Waals surface area contributed by atoms with Gasteiger partial charge in [-0.15, -0.1) is 0 Å². The zero-order valence-corrected chi connectivity index (χ0v) is 16.7. The van der Waals surface area contributed by atoms with Crippen LogP contribution >= 0.6 is 11.6 Å². The summed E-state index contributed by atoms with van der Waals surface area (Å²) in [5.74, 6) is -4.55. The molecule has 7 nitrogen and oxygen atoms in total. The summed E-state index contributed by atoms with van der Waals surface area (Å²) < 4.78 is 14.9. The molecule has 1 saturated carbocycles. The lowest BCUT2D eigenvalue weighted by molar-refractivity contribution is -0.170. The Bertz CT molecular complexity index is 745. The minimum absolute atomic E-state index is 0.0928. The molecule has 0 unspecified atom stereocenters. The summed E-state index contributed by atoms with van der Waals surface area (Å²) in [6.45, 7) is 1.86. The Morgan fingerprint density at radius 2 is 1.79 bits per heavy atom. The Balaban J connectivity index is 2.66. The molecule has 0 radical (unpaired) electrons.